The standard InChI is InChI=1S/C16H34N4O/c1-4-17-16(18-11-8-14-21-5-2)19-12-13-20(3)15-9-6-7-10-15/h15H,4-14H2,1-3H3,(H2,17,18,19). The molecule has 0 amide bonds. The third-order valence-electron chi connectivity index (χ3n) is 3.97. The van der Waals surface area contributed by atoms with Crippen LogP contribution in [-0.2, 0) is 4.74 Å². The highest BCUT2D eigenvalue weighted by molar-refractivity contribution is 5.79. The second-order valence-electron chi connectivity index (χ2n) is 5.66. The lowest BCUT2D eigenvalue weighted by Crippen LogP contribution is -2.42. The highest BCUT2D eigenvalue weighted by Crippen LogP contribution is 2.21. The van der Waals surface area contributed by atoms with E-state index in [-0.39, 0.29) is 0 Å². The first-order valence-electron chi connectivity index (χ1n) is 8.58. The highest BCUT2D eigenvalue weighted by atomic mass is 16.5. The molecule has 124 valence electrons. The van der Waals surface area contributed by atoms with Crippen molar-refractivity contribution in [3.63, 3.8) is 0 Å². The first-order valence-corrected chi connectivity index (χ1v) is 8.58. The van der Waals surface area contributed by atoms with E-state index >= 15 is 0 Å². The fraction of sp³-hybridized carbons (Fsp3) is 0.938. The first-order chi connectivity index (χ1) is 10.3. The van der Waals surface area contributed by atoms with Gasteiger partial charge in [0.1, 0.15) is 0 Å². The van der Waals surface area contributed by atoms with Crippen LogP contribution in [0.3, 0.4) is 0 Å². The van der Waals surface area contributed by atoms with Gasteiger partial charge >= 0.3 is 0 Å². The molecule has 0 spiro atoms. The summed E-state index contributed by atoms with van der Waals surface area (Å²) < 4.78 is 5.33. The van der Waals surface area contributed by atoms with Crippen LogP contribution in [0.15, 0.2) is 4.99 Å². The first kappa shape index (κ1) is 18.2. The molecule has 5 nitrogen and oxygen atoms in total. The lowest BCUT2D eigenvalue weighted by molar-refractivity contribution is 0.146. The number of nitrogens with zero attached hydrogens (tertiary/aromatic N) is 2. The SMILES string of the molecule is CCNC(=NCCCOCC)NCCN(C)C1CCCC1. The van der Waals surface area contributed by atoms with Gasteiger partial charge in [-0.25, -0.2) is 0 Å². The molecule has 0 unspecified atom stereocenters. The number of likely N-dealkylation sites (N-methyl/N-ethyl adjacent to an activating group) is 1. The molecule has 0 atom stereocenters. The van der Waals surface area contributed by atoms with Gasteiger partial charge in [0.05, 0.1) is 0 Å². The summed E-state index contributed by atoms with van der Waals surface area (Å²) in [6.07, 6.45) is 6.50. The smallest absolute Gasteiger partial charge is 0.191 e. The summed E-state index contributed by atoms with van der Waals surface area (Å²) in [4.78, 5) is 7.06. The molecular formula is C16H34N4O. The molecule has 0 aliphatic heterocycles. The van der Waals surface area contributed by atoms with E-state index in [1.165, 1.54) is 25.7 Å². The number of ether oxygens (including phenoxy) is 1. The highest BCUT2D eigenvalue weighted by Gasteiger charge is 2.18. The maximum absolute atomic E-state index is 5.33. The number of aliphatic imine (C=N–C) groups is 1. The fourth-order valence-corrected chi connectivity index (χ4v) is 2.72. The second kappa shape index (κ2) is 11.8. The Bertz CT molecular complexity index is 277. The van der Waals surface area contributed by atoms with Crippen molar-refractivity contribution < 1.29 is 4.74 Å². The van der Waals surface area contributed by atoms with E-state index in [2.05, 4.69) is 34.5 Å². The molecule has 0 aromatic rings. The van der Waals surface area contributed by atoms with Gasteiger partial charge in [-0.15, -0.1) is 0 Å². The van der Waals surface area contributed by atoms with Gasteiger partial charge < -0.3 is 20.3 Å². The lowest BCUT2D eigenvalue weighted by atomic mass is 10.2. The molecule has 0 aromatic heterocycles. The van der Waals surface area contributed by atoms with E-state index in [4.69, 9.17) is 4.74 Å². The Morgan fingerprint density at radius 2 is 2.00 bits per heavy atom. The summed E-state index contributed by atoms with van der Waals surface area (Å²) >= 11 is 0. The normalized spacial score (nSPS) is 16.7. The van der Waals surface area contributed by atoms with Crippen LogP contribution in [0.4, 0.5) is 0 Å². The van der Waals surface area contributed by atoms with Gasteiger partial charge in [-0.1, -0.05) is 12.8 Å². The Morgan fingerprint density at radius 3 is 2.67 bits per heavy atom. The average molecular weight is 298 g/mol. The van der Waals surface area contributed by atoms with E-state index in [0.717, 1.165) is 57.8 Å². The largest absolute Gasteiger partial charge is 0.382 e. The van der Waals surface area contributed by atoms with Gasteiger partial charge in [-0.3, -0.25) is 4.99 Å². The summed E-state index contributed by atoms with van der Waals surface area (Å²) in [7, 11) is 2.24. The molecule has 5 heteroatoms. The Hall–Kier alpha value is -0.810. The van der Waals surface area contributed by atoms with E-state index in [1.807, 2.05) is 6.92 Å². The van der Waals surface area contributed by atoms with E-state index in [1.54, 1.807) is 0 Å². The topological polar surface area (TPSA) is 48.9 Å². The molecule has 1 saturated carbocycles. The minimum absolute atomic E-state index is 0.787. The van der Waals surface area contributed by atoms with E-state index < -0.39 is 0 Å². The number of hydrogen-bond donors (Lipinski definition) is 2. The monoisotopic (exact) mass is 298 g/mol. The quantitative estimate of drug-likeness (QED) is 0.367. The zero-order valence-electron chi connectivity index (χ0n) is 14.2. The molecule has 0 bridgehead atoms. The van der Waals surface area contributed by atoms with Crippen molar-refractivity contribution in [2.24, 2.45) is 4.99 Å². The van der Waals surface area contributed by atoms with Crippen molar-refractivity contribution in [1.82, 2.24) is 15.5 Å². The summed E-state index contributed by atoms with van der Waals surface area (Å²) in [5.41, 5.74) is 0. The molecule has 0 heterocycles. The number of hydrogen-bond acceptors (Lipinski definition) is 3. The van der Waals surface area contributed by atoms with Gasteiger partial charge in [0.2, 0.25) is 0 Å². The van der Waals surface area contributed by atoms with Crippen molar-refractivity contribution in [2.75, 3.05) is 46.4 Å². The van der Waals surface area contributed by atoms with Crippen molar-refractivity contribution in [3.8, 4) is 0 Å². The van der Waals surface area contributed by atoms with Crippen LogP contribution in [0.25, 0.3) is 0 Å². The van der Waals surface area contributed by atoms with Gasteiger partial charge in [-0.05, 0) is 40.2 Å². The second-order valence-corrected chi connectivity index (χ2v) is 5.66. The predicted molar refractivity (Wildman–Crippen MR) is 90.0 cm³/mol. The minimum atomic E-state index is 0.787. The van der Waals surface area contributed by atoms with E-state index in [9.17, 15) is 0 Å². The van der Waals surface area contributed by atoms with Gasteiger partial charge in [0.25, 0.3) is 0 Å². The average Bonchev–Trinajstić information content (AvgIpc) is 3.01. The molecule has 1 rings (SSSR count). The van der Waals surface area contributed by atoms with Crippen LogP contribution in [0.2, 0.25) is 0 Å². The Balaban J connectivity index is 2.18. The number of rotatable bonds is 10. The Kier molecular flexibility index (Phi) is 10.3. The van der Waals surface area contributed by atoms with E-state index in [0.29, 0.717) is 0 Å². The van der Waals surface area contributed by atoms with Gasteiger partial charge in [0, 0.05) is 45.4 Å². The van der Waals surface area contributed by atoms with Crippen molar-refractivity contribution in [2.45, 2.75) is 52.0 Å². The summed E-state index contributed by atoms with van der Waals surface area (Å²) in [5, 5.41) is 6.72. The van der Waals surface area contributed by atoms with Crippen LogP contribution in [-0.4, -0.2) is 63.3 Å². The van der Waals surface area contributed by atoms with Crippen LogP contribution in [0, 0.1) is 0 Å². The van der Waals surface area contributed by atoms with Crippen molar-refractivity contribution >= 4 is 5.96 Å². The third kappa shape index (κ3) is 8.27. The maximum Gasteiger partial charge on any atom is 0.191 e. The summed E-state index contributed by atoms with van der Waals surface area (Å²) in [6, 6.07) is 0.789. The zero-order chi connectivity index (χ0) is 15.3. The van der Waals surface area contributed by atoms with Crippen LogP contribution in [0.1, 0.15) is 46.0 Å². The Morgan fingerprint density at radius 1 is 1.24 bits per heavy atom. The van der Waals surface area contributed by atoms with Crippen molar-refractivity contribution in [3.05, 3.63) is 0 Å². The van der Waals surface area contributed by atoms with Crippen LogP contribution in [0.5, 0.6) is 0 Å². The van der Waals surface area contributed by atoms with Crippen molar-refractivity contribution in [1.29, 1.82) is 0 Å². The lowest BCUT2D eigenvalue weighted by Gasteiger charge is -2.24. The Labute approximate surface area is 130 Å². The predicted octanol–water partition coefficient (Wildman–Crippen LogP) is 1.84. The zero-order valence-corrected chi connectivity index (χ0v) is 14.2. The molecule has 0 aromatic carbocycles. The van der Waals surface area contributed by atoms with Gasteiger partial charge in [-0.2, -0.15) is 0 Å². The minimum Gasteiger partial charge on any atom is -0.382 e. The van der Waals surface area contributed by atoms with Crippen LogP contribution >= 0.6 is 0 Å². The fourth-order valence-electron chi connectivity index (χ4n) is 2.72. The maximum atomic E-state index is 5.33. The molecule has 0 radical (unpaired) electrons. The molecule has 21 heavy (non-hydrogen) atoms. The summed E-state index contributed by atoms with van der Waals surface area (Å²) in [6.45, 7) is 9.44. The summed E-state index contributed by atoms with van der Waals surface area (Å²) in [5.74, 6) is 0.925. The van der Waals surface area contributed by atoms with Gasteiger partial charge in [0.15, 0.2) is 5.96 Å². The molecular weight excluding hydrogens is 264 g/mol. The number of nitrogens with one attached hydrogen (secondary N) is 2. The molecule has 0 saturated heterocycles. The number of guanidine groups is 1. The molecule has 1 fully saturated rings. The molecule has 1 aliphatic rings. The third-order valence-corrected chi connectivity index (χ3v) is 3.97. The molecule has 1 aliphatic carbocycles. The molecule has 2 N–H and O–H groups in total. The van der Waals surface area contributed by atoms with Crippen LogP contribution < -0.4 is 10.6 Å².